The van der Waals surface area contributed by atoms with Crippen LogP contribution in [0.5, 0.6) is 5.75 Å². The summed E-state index contributed by atoms with van der Waals surface area (Å²) in [5, 5.41) is 22.3. The minimum atomic E-state index is -0.756. The Kier molecular flexibility index (Phi) is 7.29. The highest BCUT2D eigenvalue weighted by atomic mass is 16.6. The number of rotatable bonds is 9. The van der Waals surface area contributed by atoms with E-state index in [4.69, 9.17) is 4.74 Å². The second-order valence-corrected chi connectivity index (χ2v) is 5.64. The van der Waals surface area contributed by atoms with Gasteiger partial charge in [-0.3, -0.25) is 25.0 Å². The van der Waals surface area contributed by atoms with Gasteiger partial charge in [0.2, 0.25) is 5.75 Å². The number of hydrogen-bond acceptors (Lipinski definition) is 6. The highest BCUT2D eigenvalue weighted by Gasteiger charge is 2.29. The number of nitro groups is 2. The second-order valence-electron chi connectivity index (χ2n) is 5.64. The van der Waals surface area contributed by atoms with E-state index in [0.29, 0.717) is 18.4 Å². The van der Waals surface area contributed by atoms with E-state index in [2.05, 4.69) is 0 Å². The van der Waals surface area contributed by atoms with Crippen molar-refractivity contribution in [2.45, 2.75) is 58.8 Å². The van der Waals surface area contributed by atoms with Crippen molar-refractivity contribution < 1.29 is 19.4 Å². The zero-order valence-electron chi connectivity index (χ0n) is 14.1. The Hall–Kier alpha value is -2.51. The van der Waals surface area contributed by atoms with E-state index in [9.17, 15) is 25.0 Å². The average molecular weight is 338 g/mol. The summed E-state index contributed by atoms with van der Waals surface area (Å²) in [6.45, 7) is 5.62. The molecule has 0 amide bonds. The molecular weight excluding hydrogens is 316 g/mol. The zero-order valence-corrected chi connectivity index (χ0v) is 14.1. The van der Waals surface area contributed by atoms with Gasteiger partial charge < -0.3 is 4.74 Å². The molecule has 0 heterocycles. The van der Waals surface area contributed by atoms with Gasteiger partial charge in [-0.05, 0) is 18.8 Å². The molecule has 0 aliphatic carbocycles. The summed E-state index contributed by atoms with van der Waals surface area (Å²) in [5.74, 6) is -0.964. The highest BCUT2D eigenvalue weighted by Crippen LogP contribution is 2.40. The SMILES string of the molecule is CCCCCC(=O)Oc1c([C@H](C)CC)cc([N+](=O)[O-])cc1[N+](=O)[O-]. The van der Waals surface area contributed by atoms with Crippen molar-refractivity contribution in [1.29, 1.82) is 0 Å². The Morgan fingerprint density at radius 2 is 1.83 bits per heavy atom. The predicted molar refractivity (Wildman–Crippen MR) is 88.2 cm³/mol. The normalized spacial score (nSPS) is 11.8. The fraction of sp³-hybridized carbons (Fsp3) is 0.562. The first kappa shape index (κ1) is 19.5. The van der Waals surface area contributed by atoms with E-state index in [1.165, 1.54) is 6.07 Å². The highest BCUT2D eigenvalue weighted by molar-refractivity contribution is 5.75. The minimum absolute atomic E-state index is 0.155. The summed E-state index contributed by atoms with van der Waals surface area (Å²) < 4.78 is 5.24. The molecule has 0 aromatic heterocycles. The van der Waals surface area contributed by atoms with Crippen LogP contribution in [0, 0.1) is 20.2 Å². The van der Waals surface area contributed by atoms with Crippen molar-refractivity contribution in [2.24, 2.45) is 0 Å². The van der Waals surface area contributed by atoms with Gasteiger partial charge >= 0.3 is 11.7 Å². The van der Waals surface area contributed by atoms with Crippen LogP contribution in [0.15, 0.2) is 12.1 Å². The maximum atomic E-state index is 12.0. The van der Waals surface area contributed by atoms with Gasteiger partial charge in [0.25, 0.3) is 5.69 Å². The van der Waals surface area contributed by atoms with E-state index in [0.717, 1.165) is 18.9 Å². The van der Waals surface area contributed by atoms with Crippen molar-refractivity contribution in [3.63, 3.8) is 0 Å². The molecule has 0 aliphatic rings. The maximum Gasteiger partial charge on any atom is 0.318 e. The quantitative estimate of drug-likeness (QED) is 0.215. The monoisotopic (exact) mass is 338 g/mol. The fourth-order valence-corrected chi connectivity index (χ4v) is 2.24. The number of carbonyl (C=O) groups excluding carboxylic acids is 1. The summed E-state index contributed by atoms with van der Waals surface area (Å²) in [7, 11) is 0. The van der Waals surface area contributed by atoms with Gasteiger partial charge in [-0.1, -0.05) is 33.6 Å². The molecule has 0 saturated heterocycles. The lowest BCUT2D eigenvalue weighted by atomic mass is 9.96. The van der Waals surface area contributed by atoms with Crippen molar-refractivity contribution in [2.75, 3.05) is 0 Å². The van der Waals surface area contributed by atoms with Crippen molar-refractivity contribution in [3.05, 3.63) is 37.9 Å². The largest absolute Gasteiger partial charge is 0.419 e. The van der Waals surface area contributed by atoms with Crippen LogP contribution < -0.4 is 4.74 Å². The Morgan fingerprint density at radius 3 is 2.33 bits per heavy atom. The summed E-state index contributed by atoms with van der Waals surface area (Å²) in [6.07, 6.45) is 3.17. The smallest absolute Gasteiger partial charge is 0.318 e. The number of nitrogens with zero attached hydrogens (tertiary/aromatic N) is 2. The number of nitro benzene ring substituents is 2. The van der Waals surface area contributed by atoms with Crippen LogP contribution in [0.25, 0.3) is 0 Å². The third-order valence-electron chi connectivity index (χ3n) is 3.83. The van der Waals surface area contributed by atoms with Gasteiger partial charge in [0.05, 0.1) is 15.9 Å². The van der Waals surface area contributed by atoms with Crippen LogP contribution in [0.3, 0.4) is 0 Å². The molecule has 0 saturated carbocycles. The number of benzene rings is 1. The standard InChI is InChI=1S/C16H22N2O6/c1-4-6-7-8-15(19)24-16-13(11(3)5-2)9-12(17(20)21)10-14(16)18(22)23/h9-11H,4-8H2,1-3H3/t11-/m1/s1. The zero-order chi connectivity index (χ0) is 18.3. The number of hydrogen-bond donors (Lipinski definition) is 0. The van der Waals surface area contributed by atoms with Gasteiger partial charge in [-0.15, -0.1) is 0 Å². The van der Waals surface area contributed by atoms with Crippen molar-refractivity contribution >= 4 is 17.3 Å². The Balaban J connectivity index is 3.30. The molecule has 0 spiro atoms. The van der Waals surface area contributed by atoms with Gasteiger partial charge in [0, 0.05) is 18.1 Å². The first-order chi connectivity index (χ1) is 11.3. The lowest BCUT2D eigenvalue weighted by molar-refractivity contribution is -0.394. The summed E-state index contributed by atoms with van der Waals surface area (Å²) in [5.41, 5.74) is -0.631. The van der Waals surface area contributed by atoms with Crippen LogP contribution in [-0.2, 0) is 4.79 Å². The number of unbranched alkanes of at least 4 members (excludes halogenated alkanes) is 2. The molecule has 0 fully saturated rings. The molecule has 0 N–H and O–H groups in total. The fourth-order valence-electron chi connectivity index (χ4n) is 2.24. The Bertz CT molecular complexity index is 629. The number of non-ortho nitro benzene ring substituents is 1. The molecule has 8 heteroatoms. The number of carbonyl (C=O) groups is 1. The molecule has 0 radical (unpaired) electrons. The molecule has 0 aliphatic heterocycles. The van der Waals surface area contributed by atoms with Crippen molar-refractivity contribution in [1.82, 2.24) is 0 Å². The third kappa shape index (κ3) is 5.00. The van der Waals surface area contributed by atoms with E-state index in [1.807, 2.05) is 13.8 Å². The van der Waals surface area contributed by atoms with E-state index < -0.39 is 21.5 Å². The van der Waals surface area contributed by atoms with Crippen LogP contribution >= 0.6 is 0 Å². The molecular formula is C16H22N2O6. The summed E-state index contributed by atoms with van der Waals surface area (Å²) >= 11 is 0. The van der Waals surface area contributed by atoms with Crippen LogP contribution in [-0.4, -0.2) is 15.8 Å². The second kappa shape index (κ2) is 8.95. The molecule has 132 valence electrons. The summed E-state index contributed by atoms with van der Waals surface area (Å²) in [4.78, 5) is 32.8. The molecule has 8 nitrogen and oxygen atoms in total. The van der Waals surface area contributed by atoms with Crippen LogP contribution in [0.4, 0.5) is 11.4 Å². The molecule has 1 rings (SSSR count). The molecule has 1 aromatic carbocycles. The molecule has 1 atom stereocenters. The van der Waals surface area contributed by atoms with Gasteiger partial charge in [0.15, 0.2) is 0 Å². The van der Waals surface area contributed by atoms with Crippen LogP contribution in [0.1, 0.15) is 64.4 Å². The maximum absolute atomic E-state index is 12.0. The Morgan fingerprint density at radius 1 is 1.17 bits per heavy atom. The molecule has 0 bridgehead atoms. The molecule has 24 heavy (non-hydrogen) atoms. The summed E-state index contributed by atoms with van der Waals surface area (Å²) in [6, 6.07) is 2.08. The van der Waals surface area contributed by atoms with Gasteiger partial charge in [0.1, 0.15) is 0 Å². The van der Waals surface area contributed by atoms with Crippen molar-refractivity contribution in [3.8, 4) is 5.75 Å². The topological polar surface area (TPSA) is 113 Å². The third-order valence-corrected chi connectivity index (χ3v) is 3.83. The van der Waals surface area contributed by atoms with E-state index >= 15 is 0 Å². The lowest BCUT2D eigenvalue weighted by Crippen LogP contribution is -2.12. The molecule has 0 unspecified atom stereocenters. The minimum Gasteiger partial charge on any atom is -0.419 e. The predicted octanol–water partition coefficient (Wildman–Crippen LogP) is 4.50. The van der Waals surface area contributed by atoms with Gasteiger partial charge in [-0.25, -0.2) is 0 Å². The van der Waals surface area contributed by atoms with E-state index in [1.54, 1.807) is 6.92 Å². The van der Waals surface area contributed by atoms with E-state index in [-0.39, 0.29) is 23.8 Å². The van der Waals surface area contributed by atoms with Gasteiger partial charge in [-0.2, -0.15) is 0 Å². The number of esters is 1. The average Bonchev–Trinajstić information content (AvgIpc) is 2.53. The first-order valence-electron chi connectivity index (χ1n) is 7.99. The van der Waals surface area contributed by atoms with Crippen LogP contribution in [0.2, 0.25) is 0 Å². The molecule has 1 aromatic rings. The lowest BCUT2D eigenvalue weighted by Gasteiger charge is -2.15. The first-order valence-corrected chi connectivity index (χ1v) is 7.99. The Labute approximate surface area is 140 Å². The number of ether oxygens (including phenoxy) is 1.